The van der Waals surface area contributed by atoms with Crippen molar-refractivity contribution in [1.29, 1.82) is 0 Å². The molecule has 17 heavy (non-hydrogen) atoms. The average Bonchev–Trinajstić information content (AvgIpc) is 2.62. The van der Waals surface area contributed by atoms with Gasteiger partial charge in [0, 0.05) is 30.3 Å². The van der Waals surface area contributed by atoms with Crippen molar-refractivity contribution in [2.24, 2.45) is 11.0 Å². The Morgan fingerprint density at radius 2 is 2.29 bits per heavy atom. The van der Waals surface area contributed by atoms with Gasteiger partial charge in [-0.05, 0) is 24.3 Å². The van der Waals surface area contributed by atoms with Crippen LogP contribution < -0.4 is 0 Å². The molecule has 0 saturated carbocycles. The molecule has 6 nitrogen and oxygen atoms in total. The fraction of sp³-hybridized carbons (Fsp3) is 0.818. The van der Waals surface area contributed by atoms with Crippen molar-refractivity contribution in [2.75, 3.05) is 6.54 Å². The molecule has 6 heteroatoms. The number of aryl methyl sites for hydroxylation is 1. The van der Waals surface area contributed by atoms with Gasteiger partial charge >= 0.3 is 0 Å². The second-order valence-corrected chi connectivity index (χ2v) is 4.89. The first-order valence-corrected chi connectivity index (χ1v) is 6.15. The lowest BCUT2D eigenvalue weighted by Gasteiger charge is -2.11. The van der Waals surface area contributed by atoms with Gasteiger partial charge in [0.2, 0.25) is 0 Å². The third-order valence-corrected chi connectivity index (χ3v) is 3.31. The van der Waals surface area contributed by atoms with E-state index >= 15 is 0 Å². The number of hydrogen-bond donors (Lipinski definition) is 0. The molecule has 1 unspecified atom stereocenters. The highest BCUT2D eigenvalue weighted by Crippen LogP contribution is 2.23. The molecule has 1 aromatic rings. The first kappa shape index (κ1) is 11.9. The number of hydrogen-bond acceptors (Lipinski definition) is 3. The van der Waals surface area contributed by atoms with Gasteiger partial charge < -0.3 is 4.57 Å². The summed E-state index contributed by atoms with van der Waals surface area (Å²) in [6.45, 7) is 5.83. The molecule has 0 saturated heterocycles. The summed E-state index contributed by atoms with van der Waals surface area (Å²) in [5.41, 5.74) is 8.35. The van der Waals surface area contributed by atoms with Gasteiger partial charge in [-0.3, -0.25) is 0 Å². The molecule has 0 aliphatic carbocycles. The summed E-state index contributed by atoms with van der Waals surface area (Å²) in [5.74, 6) is 3.04. The Bertz CT molecular complexity index is 429. The molecular weight excluding hydrogens is 216 g/mol. The highest BCUT2D eigenvalue weighted by atomic mass is 15.3. The van der Waals surface area contributed by atoms with Crippen LogP contribution in [0.25, 0.3) is 10.4 Å². The largest absolute Gasteiger partial charge is 0.315 e. The first-order chi connectivity index (χ1) is 8.22. The van der Waals surface area contributed by atoms with Gasteiger partial charge in [-0.15, -0.1) is 10.2 Å². The minimum Gasteiger partial charge on any atom is -0.315 e. The van der Waals surface area contributed by atoms with E-state index in [9.17, 15) is 0 Å². The lowest BCUT2D eigenvalue weighted by Crippen LogP contribution is -2.09. The molecule has 0 bridgehead atoms. The van der Waals surface area contributed by atoms with E-state index in [-0.39, 0.29) is 0 Å². The van der Waals surface area contributed by atoms with Gasteiger partial charge in [-0.1, -0.05) is 19.0 Å². The normalized spacial score (nSPS) is 19.6. The van der Waals surface area contributed by atoms with Gasteiger partial charge in [0.15, 0.2) is 0 Å². The van der Waals surface area contributed by atoms with Crippen molar-refractivity contribution in [3.8, 4) is 0 Å². The maximum absolute atomic E-state index is 8.35. The van der Waals surface area contributed by atoms with Crippen LogP contribution in [0.5, 0.6) is 0 Å². The lowest BCUT2D eigenvalue weighted by atomic mass is 10.0. The molecule has 2 heterocycles. The standard InChI is InChI=1S/C11H18N6/c1-8(2)11-15-14-10-4-3-9(7-13-16-12)5-6-17(10)11/h8-9H,3-7H2,1-2H3. The number of rotatable bonds is 3. The van der Waals surface area contributed by atoms with Crippen LogP contribution in [-0.2, 0) is 13.0 Å². The number of fused-ring (bicyclic) bond motifs is 1. The van der Waals surface area contributed by atoms with E-state index in [0.29, 0.717) is 18.4 Å². The van der Waals surface area contributed by atoms with Gasteiger partial charge in [0.05, 0.1) is 0 Å². The van der Waals surface area contributed by atoms with E-state index in [2.05, 4.69) is 38.6 Å². The molecule has 2 rings (SSSR count). The van der Waals surface area contributed by atoms with Crippen molar-refractivity contribution in [1.82, 2.24) is 14.8 Å². The van der Waals surface area contributed by atoms with Crippen molar-refractivity contribution >= 4 is 0 Å². The first-order valence-electron chi connectivity index (χ1n) is 6.15. The molecule has 0 spiro atoms. The molecule has 1 aliphatic heterocycles. The van der Waals surface area contributed by atoms with Gasteiger partial charge in [0.25, 0.3) is 0 Å². The second-order valence-electron chi connectivity index (χ2n) is 4.89. The lowest BCUT2D eigenvalue weighted by molar-refractivity contribution is 0.449. The summed E-state index contributed by atoms with van der Waals surface area (Å²) in [7, 11) is 0. The Labute approximate surface area is 101 Å². The van der Waals surface area contributed by atoms with E-state index < -0.39 is 0 Å². The Hall–Kier alpha value is -1.55. The van der Waals surface area contributed by atoms with E-state index in [1.807, 2.05) is 0 Å². The molecule has 0 radical (unpaired) electrons. The molecule has 0 aromatic carbocycles. The SMILES string of the molecule is CC(C)c1nnc2n1CCC(CN=[N+]=[N-])CC2. The smallest absolute Gasteiger partial charge is 0.135 e. The second kappa shape index (κ2) is 5.19. The zero-order valence-corrected chi connectivity index (χ0v) is 10.4. The molecular formula is C11H18N6. The zero-order chi connectivity index (χ0) is 12.3. The Kier molecular flexibility index (Phi) is 3.64. The van der Waals surface area contributed by atoms with Crippen molar-refractivity contribution in [3.63, 3.8) is 0 Å². The third-order valence-electron chi connectivity index (χ3n) is 3.31. The highest BCUT2D eigenvalue weighted by Gasteiger charge is 2.20. The molecule has 0 fully saturated rings. The van der Waals surface area contributed by atoms with Crippen molar-refractivity contribution < 1.29 is 0 Å². The molecule has 92 valence electrons. The van der Waals surface area contributed by atoms with Crippen LogP contribution in [0.2, 0.25) is 0 Å². The summed E-state index contributed by atoms with van der Waals surface area (Å²) >= 11 is 0. The summed E-state index contributed by atoms with van der Waals surface area (Å²) in [6, 6.07) is 0. The molecule has 1 atom stereocenters. The topological polar surface area (TPSA) is 79.5 Å². The zero-order valence-electron chi connectivity index (χ0n) is 10.4. The summed E-state index contributed by atoms with van der Waals surface area (Å²) in [4.78, 5) is 2.83. The molecule has 1 aliphatic rings. The van der Waals surface area contributed by atoms with Crippen LogP contribution in [0.3, 0.4) is 0 Å². The molecule has 0 amide bonds. The minimum absolute atomic E-state index is 0.407. The fourth-order valence-corrected chi connectivity index (χ4v) is 2.33. The Morgan fingerprint density at radius 3 is 3.00 bits per heavy atom. The Balaban J connectivity index is 2.10. The van der Waals surface area contributed by atoms with Crippen LogP contribution >= 0.6 is 0 Å². The number of azide groups is 1. The van der Waals surface area contributed by atoms with Crippen LogP contribution in [0.4, 0.5) is 0 Å². The minimum atomic E-state index is 0.407. The van der Waals surface area contributed by atoms with Gasteiger partial charge in [-0.25, -0.2) is 0 Å². The van der Waals surface area contributed by atoms with Crippen LogP contribution in [0, 0.1) is 5.92 Å². The fourth-order valence-electron chi connectivity index (χ4n) is 2.33. The average molecular weight is 234 g/mol. The maximum Gasteiger partial charge on any atom is 0.135 e. The van der Waals surface area contributed by atoms with Crippen LogP contribution in [0.1, 0.15) is 44.3 Å². The van der Waals surface area contributed by atoms with Gasteiger partial charge in [-0.2, -0.15) is 0 Å². The number of aromatic nitrogens is 3. The molecule has 0 N–H and O–H groups in total. The monoisotopic (exact) mass is 234 g/mol. The number of nitrogens with zero attached hydrogens (tertiary/aromatic N) is 6. The summed E-state index contributed by atoms with van der Waals surface area (Å²) in [6.07, 6.45) is 3.02. The molecule has 1 aromatic heterocycles. The predicted octanol–water partition coefficient (Wildman–Crippen LogP) is 2.66. The maximum atomic E-state index is 8.35. The van der Waals surface area contributed by atoms with E-state index in [1.54, 1.807) is 0 Å². The summed E-state index contributed by atoms with van der Waals surface area (Å²) in [5, 5.41) is 12.2. The van der Waals surface area contributed by atoms with Crippen LogP contribution in [-0.4, -0.2) is 21.3 Å². The van der Waals surface area contributed by atoms with Crippen molar-refractivity contribution in [3.05, 3.63) is 22.1 Å². The van der Waals surface area contributed by atoms with Gasteiger partial charge in [0.1, 0.15) is 11.6 Å². The van der Waals surface area contributed by atoms with Crippen molar-refractivity contribution in [2.45, 2.75) is 45.6 Å². The predicted molar refractivity (Wildman–Crippen MR) is 64.6 cm³/mol. The Morgan fingerprint density at radius 1 is 1.47 bits per heavy atom. The van der Waals surface area contributed by atoms with Crippen LogP contribution in [0.15, 0.2) is 5.11 Å². The van der Waals surface area contributed by atoms with E-state index in [4.69, 9.17) is 5.53 Å². The van der Waals surface area contributed by atoms with E-state index in [1.165, 1.54) is 0 Å². The summed E-state index contributed by atoms with van der Waals surface area (Å²) < 4.78 is 2.24. The highest BCUT2D eigenvalue weighted by molar-refractivity contribution is 5.02. The van der Waals surface area contributed by atoms with E-state index in [0.717, 1.165) is 37.5 Å². The quantitative estimate of drug-likeness (QED) is 0.457. The third kappa shape index (κ3) is 2.58.